The van der Waals surface area contributed by atoms with Crippen molar-refractivity contribution in [2.45, 2.75) is 77.4 Å². The van der Waals surface area contributed by atoms with Gasteiger partial charge in [0.1, 0.15) is 0 Å². The summed E-state index contributed by atoms with van der Waals surface area (Å²) in [6, 6.07) is 0.243. The molecule has 19 heavy (non-hydrogen) atoms. The van der Waals surface area contributed by atoms with Gasteiger partial charge in [0.25, 0.3) is 0 Å². The lowest BCUT2D eigenvalue weighted by atomic mass is 9.96. The van der Waals surface area contributed by atoms with Crippen molar-refractivity contribution >= 4 is 5.91 Å². The summed E-state index contributed by atoms with van der Waals surface area (Å²) < 4.78 is 0. The zero-order valence-corrected chi connectivity index (χ0v) is 12.9. The molecule has 2 unspecified atom stereocenters. The number of hydrogen-bond donors (Lipinski definition) is 2. The molecule has 0 aromatic carbocycles. The van der Waals surface area contributed by atoms with Gasteiger partial charge >= 0.3 is 0 Å². The molecule has 0 aromatic heterocycles. The van der Waals surface area contributed by atoms with Crippen LogP contribution >= 0.6 is 0 Å². The van der Waals surface area contributed by atoms with Crippen molar-refractivity contribution in [1.29, 1.82) is 0 Å². The molecule has 1 saturated heterocycles. The Bertz CT molecular complexity index is 290. The van der Waals surface area contributed by atoms with Crippen molar-refractivity contribution in [2.24, 2.45) is 0 Å². The second-order valence-corrected chi connectivity index (χ2v) is 6.30. The number of piperidine rings is 1. The fourth-order valence-electron chi connectivity index (χ4n) is 2.67. The van der Waals surface area contributed by atoms with Crippen LogP contribution in [0, 0.1) is 0 Å². The number of nitrogens with zero attached hydrogens (tertiary/aromatic N) is 1. The summed E-state index contributed by atoms with van der Waals surface area (Å²) in [5.41, 5.74) is -0.145. The third kappa shape index (κ3) is 4.77. The summed E-state index contributed by atoms with van der Waals surface area (Å²) >= 11 is 0. The number of rotatable bonds is 6. The van der Waals surface area contributed by atoms with Crippen LogP contribution in [0.1, 0.15) is 59.8 Å². The first kappa shape index (κ1) is 16.4. The Morgan fingerprint density at radius 1 is 1.47 bits per heavy atom. The van der Waals surface area contributed by atoms with Crippen molar-refractivity contribution in [3.8, 4) is 0 Å². The normalized spacial score (nSPS) is 23.1. The standard InChI is InChI=1S/C15H30N2O2/c1-5-15(3,4)16-14(19)12(2)17-10-7-6-8-13(17)9-11-18/h12-13,18H,5-11H2,1-4H3,(H,16,19). The van der Waals surface area contributed by atoms with Crippen molar-refractivity contribution < 1.29 is 9.90 Å². The summed E-state index contributed by atoms with van der Waals surface area (Å²) in [6.07, 6.45) is 5.14. The van der Waals surface area contributed by atoms with Gasteiger partial charge in [-0.05, 0) is 53.0 Å². The first-order valence-electron chi connectivity index (χ1n) is 7.60. The maximum atomic E-state index is 12.4. The molecule has 1 heterocycles. The van der Waals surface area contributed by atoms with E-state index in [1.54, 1.807) is 0 Å². The predicted molar refractivity (Wildman–Crippen MR) is 78.0 cm³/mol. The van der Waals surface area contributed by atoms with E-state index < -0.39 is 0 Å². The summed E-state index contributed by atoms with van der Waals surface area (Å²) in [6.45, 7) is 9.34. The van der Waals surface area contributed by atoms with Crippen LogP contribution in [0.4, 0.5) is 0 Å². The lowest BCUT2D eigenvalue weighted by molar-refractivity contribution is -0.129. The van der Waals surface area contributed by atoms with Crippen molar-refractivity contribution in [2.75, 3.05) is 13.2 Å². The molecule has 4 heteroatoms. The first-order chi connectivity index (χ1) is 8.91. The zero-order valence-electron chi connectivity index (χ0n) is 12.9. The van der Waals surface area contributed by atoms with E-state index in [-0.39, 0.29) is 24.1 Å². The van der Waals surface area contributed by atoms with Gasteiger partial charge in [-0.1, -0.05) is 13.3 Å². The van der Waals surface area contributed by atoms with E-state index in [1.807, 2.05) is 6.92 Å². The fraction of sp³-hybridized carbons (Fsp3) is 0.933. The molecule has 2 N–H and O–H groups in total. The fourth-order valence-corrected chi connectivity index (χ4v) is 2.67. The number of nitrogens with one attached hydrogen (secondary N) is 1. The molecule has 2 atom stereocenters. The Labute approximate surface area is 117 Å². The molecule has 1 aliphatic rings. The first-order valence-corrected chi connectivity index (χ1v) is 7.60. The van der Waals surface area contributed by atoms with Crippen LogP contribution < -0.4 is 5.32 Å². The zero-order chi connectivity index (χ0) is 14.5. The summed E-state index contributed by atoms with van der Waals surface area (Å²) in [5, 5.41) is 12.3. The Kier molecular flexibility index (Phi) is 6.27. The van der Waals surface area contributed by atoms with Crippen LogP contribution in [0.25, 0.3) is 0 Å². The van der Waals surface area contributed by atoms with Crippen LogP contribution in [0.2, 0.25) is 0 Å². The smallest absolute Gasteiger partial charge is 0.237 e. The number of aliphatic hydroxyl groups excluding tert-OH is 1. The molecule has 1 amide bonds. The number of aliphatic hydroxyl groups is 1. The van der Waals surface area contributed by atoms with Crippen molar-refractivity contribution in [3.05, 3.63) is 0 Å². The van der Waals surface area contributed by atoms with Crippen LogP contribution in [0.3, 0.4) is 0 Å². The largest absolute Gasteiger partial charge is 0.396 e. The highest BCUT2D eigenvalue weighted by Gasteiger charge is 2.31. The molecule has 0 spiro atoms. The highest BCUT2D eigenvalue weighted by molar-refractivity contribution is 5.82. The van der Waals surface area contributed by atoms with Gasteiger partial charge in [-0.15, -0.1) is 0 Å². The minimum absolute atomic E-state index is 0.108. The van der Waals surface area contributed by atoms with E-state index in [4.69, 9.17) is 5.11 Å². The SMILES string of the molecule is CCC(C)(C)NC(=O)C(C)N1CCCCC1CCO. The molecule has 112 valence electrons. The maximum Gasteiger partial charge on any atom is 0.237 e. The van der Waals surface area contributed by atoms with Crippen LogP contribution in [0.5, 0.6) is 0 Å². The molecule has 0 radical (unpaired) electrons. The Hall–Kier alpha value is -0.610. The van der Waals surface area contributed by atoms with Gasteiger partial charge < -0.3 is 10.4 Å². The van der Waals surface area contributed by atoms with Crippen molar-refractivity contribution in [3.63, 3.8) is 0 Å². The highest BCUT2D eigenvalue weighted by atomic mass is 16.3. The van der Waals surface area contributed by atoms with E-state index >= 15 is 0 Å². The lowest BCUT2D eigenvalue weighted by Crippen LogP contribution is -2.55. The van der Waals surface area contributed by atoms with E-state index in [1.165, 1.54) is 6.42 Å². The third-order valence-corrected chi connectivity index (χ3v) is 4.36. The summed E-state index contributed by atoms with van der Waals surface area (Å²) in [7, 11) is 0. The summed E-state index contributed by atoms with van der Waals surface area (Å²) in [5.74, 6) is 0.108. The molecular weight excluding hydrogens is 240 g/mol. The molecular formula is C15H30N2O2. The van der Waals surface area contributed by atoms with Gasteiger partial charge in [-0.25, -0.2) is 0 Å². The van der Waals surface area contributed by atoms with Gasteiger partial charge in [0, 0.05) is 18.2 Å². The van der Waals surface area contributed by atoms with Gasteiger partial charge in [-0.2, -0.15) is 0 Å². The van der Waals surface area contributed by atoms with Crippen LogP contribution in [-0.2, 0) is 4.79 Å². The van der Waals surface area contributed by atoms with Crippen LogP contribution in [0.15, 0.2) is 0 Å². The molecule has 0 aliphatic carbocycles. The number of carbonyl (C=O) groups is 1. The van der Waals surface area contributed by atoms with Crippen LogP contribution in [-0.4, -0.2) is 46.7 Å². The minimum atomic E-state index is -0.145. The number of likely N-dealkylation sites (tertiary alicyclic amines) is 1. The van der Waals surface area contributed by atoms with E-state index in [2.05, 4.69) is 31.0 Å². The molecule has 1 rings (SSSR count). The van der Waals surface area contributed by atoms with Gasteiger partial charge in [0.05, 0.1) is 6.04 Å². The molecule has 4 nitrogen and oxygen atoms in total. The maximum absolute atomic E-state index is 12.4. The molecule has 1 aliphatic heterocycles. The van der Waals surface area contributed by atoms with E-state index in [0.717, 1.165) is 32.2 Å². The number of hydrogen-bond acceptors (Lipinski definition) is 3. The van der Waals surface area contributed by atoms with E-state index in [0.29, 0.717) is 6.04 Å². The lowest BCUT2D eigenvalue weighted by Gasteiger charge is -2.40. The second kappa shape index (κ2) is 7.25. The Morgan fingerprint density at radius 3 is 2.74 bits per heavy atom. The molecule has 0 saturated carbocycles. The van der Waals surface area contributed by atoms with Gasteiger partial charge in [0.2, 0.25) is 5.91 Å². The molecule has 0 aromatic rings. The minimum Gasteiger partial charge on any atom is -0.396 e. The quantitative estimate of drug-likeness (QED) is 0.775. The summed E-state index contributed by atoms with van der Waals surface area (Å²) in [4.78, 5) is 14.6. The third-order valence-electron chi connectivity index (χ3n) is 4.36. The second-order valence-electron chi connectivity index (χ2n) is 6.30. The van der Waals surface area contributed by atoms with Crippen molar-refractivity contribution in [1.82, 2.24) is 10.2 Å². The predicted octanol–water partition coefficient (Wildman–Crippen LogP) is 1.92. The van der Waals surface area contributed by atoms with Gasteiger partial charge in [0.15, 0.2) is 0 Å². The topological polar surface area (TPSA) is 52.6 Å². The Morgan fingerprint density at radius 2 is 2.16 bits per heavy atom. The molecule has 0 bridgehead atoms. The monoisotopic (exact) mass is 270 g/mol. The van der Waals surface area contributed by atoms with Gasteiger partial charge in [-0.3, -0.25) is 9.69 Å². The number of carbonyl (C=O) groups excluding carboxylic acids is 1. The molecule has 1 fully saturated rings. The van der Waals surface area contributed by atoms with E-state index in [9.17, 15) is 4.79 Å². The Balaban J connectivity index is 2.63. The number of amides is 1. The highest BCUT2D eigenvalue weighted by Crippen LogP contribution is 2.22. The average Bonchev–Trinajstić information content (AvgIpc) is 2.38. The average molecular weight is 270 g/mol.